The maximum Gasteiger partial charge on any atom is 0.279 e. The minimum Gasteiger partial charge on any atom is -0.302 e. The normalized spacial score (nSPS) is 13.8. The van der Waals surface area contributed by atoms with Gasteiger partial charge in [0.25, 0.3) is 5.91 Å². The Labute approximate surface area is 197 Å². The van der Waals surface area contributed by atoms with Crippen molar-refractivity contribution >= 4 is 34.6 Å². The average Bonchev–Trinajstić information content (AvgIpc) is 3.13. The number of halogens is 1. The van der Waals surface area contributed by atoms with Crippen LogP contribution in [0.1, 0.15) is 22.3 Å². The van der Waals surface area contributed by atoms with Gasteiger partial charge in [-0.25, -0.2) is 0 Å². The number of hydrogen-bond donors (Lipinski definition) is 0. The second-order valence-corrected chi connectivity index (χ2v) is 8.04. The van der Waals surface area contributed by atoms with Crippen LogP contribution >= 0.6 is 11.6 Å². The van der Waals surface area contributed by atoms with E-state index in [-0.39, 0.29) is 5.91 Å². The highest BCUT2D eigenvalue weighted by Crippen LogP contribution is 2.32. The van der Waals surface area contributed by atoms with Crippen molar-refractivity contribution in [1.82, 2.24) is 0 Å². The molecule has 1 aliphatic rings. The van der Waals surface area contributed by atoms with Crippen LogP contribution in [0.4, 0.5) is 5.69 Å². The molecule has 4 nitrogen and oxygen atoms in total. The Bertz CT molecular complexity index is 1320. The van der Waals surface area contributed by atoms with Gasteiger partial charge in [-0.05, 0) is 17.7 Å². The van der Waals surface area contributed by atoms with Gasteiger partial charge in [0.05, 0.1) is 12.2 Å². The number of anilines is 1. The van der Waals surface area contributed by atoms with E-state index in [0.717, 1.165) is 27.9 Å². The highest BCUT2D eigenvalue weighted by atomic mass is 35.5. The van der Waals surface area contributed by atoms with E-state index in [1.165, 1.54) is 0 Å². The molecule has 0 saturated heterocycles. The van der Waals surface area contributed by atoms with E-state index in [1.807, 2.05) is 109 Å². The van der Waals surface area contributed by atoms with Crippen LogP contribution in [0.5, 0.6) is 0 Å². The van der Waals surface area contributed by atoms with Gasteiger partial charge in [-0.15, -0.1) is 10.2 Å². The second kappa shape index (κ2) is 9.23. The minimum absolute atomic E-state index is 0.194. The first-order chi connectivity index (χ1) is 16.2. The molecular formula is C28H20ClN3O. The molecule has 0 fully saturated rings. The fourth-order valence-electron chi connectivity index (χ4n) is 3.89. The summed E-state index contributed by atoms with van der Waals surface area (Å²) in [6.07, 6.45) is 0. The molecule has 0 saturated carbocycles. The van der Waals surface area contributed by atoms with Crippen molar-refractivity contribution in [1.29, 1.82) is 0 Å². The number of hydrogen-bond acceptors (Lipinski definition) is 3. The number of amides is 1. The van der Waals surface area contributed by atoms with Crippen LogP contribution in [0.25, 0.3) is 0 Å². The van der Waals surface area contributed by atoms with Crippen LogP contribution in [0.15, 0.2) is 119 Å². The standard InChI is InChI=1S/C28H20ClN3O/c29-24-17-9-7-15-22(24)19-32-25-18-10-8-16-23(25)27(28(32)33)31-30-26(20-11-3-1-4-12-20)21-13-5-2-6-14-21/h1-18H,19H2. The summed E-state index contributed by atoms with van der Waals surface area (Å²) in [7, 11) is 0. The molecule has 0 aromatic heterocycles. The molecule has 5 rings (SSSR count). The van der Waals surface area contributed by atoms with Crippen LogP contribution in [0, 0.1) is 0 Å². The van der Waals surface area contributed by atoms with Gasteiger partial charge in [0, 0.05) is 21.7 Å². The van der Waals surface area contributed by atoms with Crippen molar-refractivity contribution in [2.75, 3.05) is 4.90 Å². The largest absolute Gasteiger partial charge is 0.302 e. The lowest BCUT2D eigenvalue weighted by Crippen LogP contribution is -2.29. The smallest absolute Gasteiger partial charge is 0.279 e. The zero-order valence-electron chi connectivity index (χ0n) is 17.7. The van der Waals surface area contributed by atoms with Crippen molar-refractivity contribution in [2.24, 2.45) is 10.2 Å². The molecule has 0 aliphatic carbocycles. The van der Waals surface area contributed by atoms with E-state index in [1.54, 1.807) is 4.90 Å². The van der Waals surface area contributed by atoms with Gasteiger partial charge in [-0.3, -0.25) is 4.79 Å². The number of rotatable bonds is 5. The zero-order chi connectivity index (χ0) is 22.6. The summed E-state index contributed by atoms with van der Waals surface area (Å²) in [6, 6.07) is 34.9. The lowest BCUT2D eigenvalue weighted by atomic mass is 10.0. The van der Waals surface area contributed by atoms with E-state index in [2.05, 4.69) is 10.2 Å². The van der Waals surface area contributed by atoms with E-state index >= 15 is 0 Å². The first-order valence-electron chi connectivity index (χ1n) is 10.6. The third-order valence-corrected chi connectivity index (χ3v) is 5.90. The molecular weight excluding hydrogens is 430 g/mol. The van der Waals surface area contributed by atoms with Gasteiger partial charge >= 0.3 is 0 Å². The number of fused-ring (bicyclic) bond motifs is 1. The van der Waals surface area contributed by atoms with E-state index < -0.39 is 0 Å². The number of benzene rings is 4. The molecule has 1 amide bonds. The van der Waals surface area contributed by atoms with Crippen molar-refractivity contribution in [2.45, 2.75) is 6.54 Å². The van der Waals surface area contributed by atoms with Gasteiger partial charge in [0.2, 0.25) is 0 Å². The Morgan fingerprint density at radius 3 is 1.97 bits per heavy atom. The molecule has 1 aliphatic heterocycles. The molecule has 0 radical (unpaired) electrons. The van der Waals surface area contributed by atoms with Gasteiger partial charge in [-0.1, -0.05) is 109 Å². The average molecular weight is 450 g/mol. The van der Waals surface area contributed by atoms with Crippen molar-refractivity contribution in [3.8, 4) is 0 Å². The Morgan fingerprint density at radius 1 is 0.727 bits per heavy atom. The third-order valence-electron chi connectivity index (χ3n) is 5.53. The lowest BCUT2D eigenvalue weighted by molar-refractivity contribution is -0.112. The summed E-state index contributed by atoms with van der Waals surface area (Å²) >= 11 is 6.36. The Morgan fingerprint density at radius 2 is 1.30 bits per heavy atom. The van der Waals surface area contributed by atoms with Gasteiger partial charge in [0.1, 0.15) is 5.71 Å². The highest BCUT2D eigenvalue weighted by molar-refractivity contribution is 6.54. The topological polar surface area (TPSA) is 45.0 Å². The van der Waals surface area contributed by atoms with Crippen molar-refractivity contribution in [3.05, 3.63) is 136 Å². The predicted octanol–water partition coefficient (Wildman–Crippen LogP) is 6.13. The SMILES string of the molecule is O=C1C(=NN=C(c2ccccc2)c2ccccc2)c2ccccc2N1Cc1ccccc1Cl. The molecule has 4 aromatic carbocycles. The second-order valence-electron chi connectivity index (χ2n) is 7.63. The Balaban J connectivity index is 1.58. The summed E-state index contributed by atoms with van der Waals surface area (Å²) < 4.78 is 0. The van der Waals surface area contributed by atoms with Crippen molar-refractivity contribution in [3.63, 3.8) is 0 Å². The monoisotopic (exact) mass is 449 g/mol. The molecule has 160 valence electrons. The van der Waals surface area contributed by atoms with Gasteiger partial charge < -0.3 is 4.90 Å². The van der Waals surface area contributed by atoms with Crippen LogP contribution in [-0.2, 0) is 11.3 Å². The van der Waals surface area contributed by atoms with Crippen LogP contribution in [-0.4, -0.2) is 17.3 Å². The maximum absolute atomic E-state index is 13.4. The quantitative estimate of drug-likeness (QED) is 0.267. The summed E-state index contributed by atoms with van der Waals surface area (Å²) in [4.78, 5) is 15.2. The summed E-state index contributed by atoms with van der Waals surface area (Å²) in [6.45, 7) is 0.364. The minimum atomic E-state index is -0.194. The molecule has 0 atom stereocenters. The molecule has 5 heteroatoms. The lowest BCUT2D eigenvalue weighted by Gasteiger charge is -2.17. The first kappa shape index (κ1) is 20.9. The molecule has 4 aromatic rings. The number of nitrogens with zero attached hydrogens (tertiary/aromatic N) is 3. The molecule has 33 heavy (non-hydrogen) atoms. The van der Waals surface area contributed by atoms with Crippen LogP contribution < -0.4 is 4.90 Å². The summed E-state index contributed by atoms with van der Waals surface area (Å²) in [5.74, 6) is -0.194. The van der Waals surface area contributed by atoms with E-state index in [0.29, 0.717) is 23.0 Å². The summed E-state index contributed by atoms with van der Waals surface area (Å²) in [5.41, 5.74) is 5.33. The van der Waals surface area contributed by atoms with Gasteiger partial charge in [-0.2, -0.15) is 0 Å². The van der Waals surface area contributed by atoms with Crippen LogP contribution in [0.3, 0.4) is 0 Å². The number of carbonyl (C=O) groups is 1. The predicted molar refractivity (Wildman–Crippen MR) is 134 cm³/mol. The first-order valence-corrected chi connectivity index (χ1v) is 11.0. The summed E-state index contributed by atoms with van der Waals surface area (Å²) in [5, 5.41) is 9.71. The Kier molecular flexibility index (Phi) is 5.83. The Hall–Kier alpha value is -4.02. The van der Waals surface area contributed by atoms with Crippen molar-refractivity contribution < 1.29 is 4.79 Å². The molecule has 0 N–H and O–H groups in total. The highest BCUT2D eigenvalue weighted by Gasteiger charge is 2.34. The fourth-order valence-corrected chi connectivity index (χ4v) is 4.08. The molecule has 1 heterocycles. The molecule has 0 unspecified atom stereocenters. The van der Waals surface area contributed by atoms with E-state index in [4.69, 9.17) is 11.6 Å². The maximum atomic E-state index is 13.4. The number of carbonyl (C=O) groups excluding carboxylic acids is 1. The molecule has 0 spiro atoms. The van der Waals surface area contributed by atoms with Gasteiger partial charge in [0.15, 0.2) is 5.71 Å². The number of para-hydroxylation sites is 1. The fraction of sp³-hybridized carbons (Fsp3) is 0.0357. The van der Waals surface area contributed by atoms with E-state index in [9.17, 15) is 4.79 Å². The zero-order valence-corrected chi connectivity index (χ0v) is 18.5. The molecule has 0 bridgehead atoms. The van der Waals surface area contributed by atoms with Crippen LogP contribution in [0.2, 0.25) is 5.02 Å². The third kappa shape index (κ3) is 4.21.